The molecule has 0 spiro atoms. The predicted octanol–water partition coefficient (Wildman–Crippen LogP) is 3.52. The summed E-state index contributed by atoms with van der Waals surface area (Å²) < 4.78 is 0. The van der Waals surface area contributed by atoms with Crippen molar-refractivity contribution in [2.75, 3.05) is 19.6 Å². The van der Waals surface area contributed by atoms with Crippen LogP contribution in [-0.4, -0.2) is 30.6 Å². The van der Waals surface area contributed by atoms with E-state index in [1.807, 2.05) is 0 Å². The van der Waals surface area contributed by atoms with Crippen molar-refractivity contribution < 1.29 is 0 Å². The van der Waals surface area contributed by atoms with E-state index in [0.717, 1.165) is 6.54 Å². The molecule has 1 N–H and O–H groups in total. The van der Waals surface area contributed by atoms with E-state index in [1.165, 1.54) is 43.5 Å². The zero-order valence-corrected chi connectivity index (χ0v) is 12.7. The highest BCUT2D eigenvalue weighted by molar-refractivity contribution is 5.28. The highest BCUT2D eigenvalue weighted by Crippen LogP contribution is 2.27. The average molecular weight is 260 g/mol. The van der Waals surface area contributed by atoms with Crippen LogP contribution in [0.3, 0.4) is 0 Å². The van der Waals surface area contributed by atoms with Crippen LogP contribution in [0.15, 0.2) is 24.3 Å². The highest BCUT2D eigenvalue weighted by Gasteiger charge is 2.25. The Morgan fingerprint density at radius 2 is 2.16 bits per heavy atom. The number of nitrogens with one attached hydrogen (secondary N) is 1. The molecule has 19 heavy (non-hydrogen) atoms. The van der Waals surface area contributed by atoms with Crippen molar-refractivity contribution in [1.82, 2.24) is 10.2 Å². The van der Waals surface area contributed by atoms with Gasteiger partial charge in [0, 0.05) is 18.6 Å². The molecular formula is C17H28N2. The lowest BCUT2D eigenvalue weighted by Crippen LogP contribution is -2.47. The van der Waals surface area contributed by atoms with Crippen LogP contribution in [0.5, 0.6) is 0 Å². The molecule has 2 nitrogen and oxygen atoms in total. The van der Waals surface area contributed by atoms with E-state index in [4.69, 9.17) is 0 Å². The quantitative estimate of drug-likeness (QED) is 0.871. The second-order valence-electron chi connectivity index (χ2n) is 5.77. The lowest BCUT2D eigenvalue weighted by atomic mass is 9.97. The van der Waals surface area contributed by atoms with Gasteiger partial charge in [0.05, 0.1) is 0 Å². The first-order chi connectivity index (χ1) is 9.24. The van der Waals surface area contributed by atoms with Gasteiger partial charge < -0.3 is 5.32 Å². The van der Waals surface area contributed by atoms with Gasteiger partial charge in [-0.25, -0.2) is 0 Å². The minimum Gasteiger partial charge on any atom is -0.315 e. The van der Waals surface area contributed by atoms with Crippen molar-refractivity contribution in [3.05, 3.63) is 35.4 Å². The number of rotatable bonds is 5. The Morgan fingerprint density at radius 1 is 1.37 bits per heavy atom. The Balaban J connectivity index is 2.15. The maximum absolute atomic E-state index is 3.55. The van der Waals surface area contributed by atoms with E-state index in [2.05, 4.69) is 55.3 Å². The summed E-state index contributed by atoms with van der Waals surface area (Å²) >= 11 is 0. The summed E-state index contributed by atoms with van der Waals surface area (Å²) in [5.41, 5.74) is 2.90. The molecule has 2 unspecified atom stereocenters. The summed E-state index contributed by atoms with van der Waals surface area (Å²) in [6.45, 7) is 10.4. The third kappa shape index (κ3) is 3.58. The largest absolute Gasteiger partial charge is 0.315 e. The third-order valence-electron chi connectivity index (χ3n) is 4.36. The Morgan fingerprint density at radius 3 is 2.79 bits per heavy atom. The van der Waals surface area contributed by atoms with Crippen molar-refractivity contribution in [3.8, 4) is 0 Å². The van der Waals surface area contributed by atoms with Crippen molar-refractivity contribution in [1.29, 1.82) is 0 Å². The van der Waals surface area contributed by atoms with Crippen LogP contribution in [0, 0.1) is 6.92 Å². The van der Waals surface area contributed by atoms with Gasteiger partial charge in [-0.3, -0.25) is 4.90 Å². The summed E-state index contributed by atoms with van der Waals surface area (Å²) in [6, 6.07) is 10.0. The summed E-state index contributed by atoms with van der Waals surface area (Å²) in [4.78, 5) is 2.70. The second kappa shape index (κ2) is 7.06. The van der Waals surface area contributed by atoms with E-state index in [9.17, 15) is 0 Å². The molecule has 0 bridgehead atoms. The first-order valence-electron chi connectivity index (χ1n) is 7.76. The molecule has 2 atom stereocenters. The fraction of sp³-hybridized carbons (Fsp3) is 0.647. The van der Waals surface area contributed by atoms with Crippen LogP contribution >= 0.6 is 0 Å². The normalized spacial score (nSPS) is 21.6. The summed E-state index contributed by atoms with van der Waals surface area (Å²) in [6.07, 6.45) is 3.88. The Labute approximate surface area is 118 Å². The molecule has 1 heterocycles. The standard InChI is InChI=1S/C17H28N2/c1-4-12-19(16-9-7-11-18-13-16)15(3)17-10-6-5-8-14(17)2/h5-6,8,10,15-16,18H,4,7,9,11-13H2,1-3H3. The van der Waals surface area contributed by atoms with Crippen molar-refractivity contribution in [2.24, 2.45) is 0 Å². The molecule has 0 amide bonds. The van der Waals surface area contributed by atoms with Gasteiger partial charge in [-0.1, -0.05) is 31.2 Å². The van der Waals surface area contributed by atoms with Crippen LogP contribution < -0.4 is 5.32 Å². The van der Waals surface area contributed by atoms with E-state index < -0.39 is 0 Å². The zero-order chi connectivity index (χ0) is 13.7. The molecule has 0 aliphatic carbocycles. The molecule has 1 saturated heterocycles. The Bertz CT molecular complexity index is 383. The lowest BCUT2D eigenvalue weighted by Gasteiger charge is -2.39. The fourth-order valence-electron chi connectivity index (χ4n) is 3.30. The van der Waals surface area contributed by atoms with Gasteiger partial charge in [0.2, 0.25) is 0 Å². The zero-order valence-electron chi connectivity index (χ0n) is 12.7. The first-order valence-corrected chi connectivity index (χ1v) is 7.76. The van der Waals surface area contributed by atoms with Crippen LogP contribution in [0.2, 0.25) is 0 Å². The van der Waals surface area contributed by atoms with E-state index >= 15 is 0 Å². The van der Waals surface area contributed by atoms with Crippen molar-refractivity contribution in [3.63, 3.8) is 0 Å². The Hall–Kier alpha value is -0.860. The molecule has 1 fully saturated rings. The molecule has 1 aliphatic rings. The van der Waals surface area contributed by atoms with E-state index in [-0.39, 0.29) is 0 Å². The van der Waals surface area contributed by atoms with Gasteiger partial charge in [-0.2, -0.15) is 0 Å². The average Bonchev–Trinajstić information content (AvgIpc) is 2.45. The minimum atomic E-state index is 0.519. The monoisotopic (exact) mass is 260 g/mol. The van der Waals surface area contributed by atoms with Gasteiger partial charge in [0.1, 0.15) is 0 Å². The van der Waals surface area contributed by atoms with Crippen LogP contribution in [-0.2, 0) is 0 Å². The molecule has 0 saturated carbocycles. The molecular weight excluding hydrogens is 232 g/mol. The molecule has 106 valence electrons. The van der Waals surface area contributed by atoms with Crippen LogP contribution in [0.4, 0.5) is 0 Å². The summed E-state index contributed by atoms with van der Waals surface area (Å²) in [5, 5.41) is 3.55. The van der Waals surface area contributed by atoms with Crippen molar-refractivity contribution >= 4 is 0 Å². The molecule has 1 aliphatic heterocycles. The van der Waals surface area contributed by atoms with Gasteiger partial charge in [0.25, 0.3) is 0 Å². The predicted molar refractivity (Wildman–Crippen MR) is 82.5 cm³/mol. The molecule has 0 radical (unpaired) electrons. The van der Waals surface area contributed by atoms with Gasteiger partial charge in [0.15, 0.2) is 0 Å². The Kier molecular flexibility index (Phi) is 5.41. The van der Waals surface area contributed by atoms with Gasteiger partial charge in [-0.05, 0) is 57.3 Å². The second-order valence-corrected chi connectivity index (χ2v) is 5.77. The maximum atomic E-state index is 3.55. The molecule has 2 rings (SSSR count). The number of piperidine rings is 1. The van der Waals surface area contributed by atoms with Gasteiger partial charge in [-0.15, -0.1) is 0 Å². The number of hydrogen-bond acceptors (Lipinski definition) is 2. The first kappa shape index (κ1) is 14.5. The summed E-state index contributed by atoms with van der Waals surface area (Å²) in [7, 11) is 0. The topological polar surface area (TPSA) is 15.3 Å². The highest BCUT2D eigenvalue weighted by atomic mass is 15.2. The molecule has 1 aromatic carbocycles. The number of nitrogens with zero attached hydrogens (tertiary/aromatic N) is 1. The maximum Gasteiger partial charge on any atom is 0.0325 e. The van der Waals surface area contributed by atoms with E-state index in [0.29, 0.717) is 12.1 Å². The van der Waals surface area contributed by atoms with Crippen LogP contribution in [0.1, 0.15) is 50.3 Å². The van der Waals surface area contributed by atoms with E-state index in [1.54, 1.807) is 0 Å². The molecule has 2 heteroatoms. The smallest absolute Gasteiger partial charge is 0.0325 e. The SMILES string of the molecule is CCCN(C1CCCNC1)C(C)c1ccccc1C. The summed E-state index contributed by atoms with van der Waals surface area (Å²) in [5.74, 6) is 0. The number of hydrogen-bond donors (Lipinski definition) is 1. The van der Waals surface area contributed by atoms with Crippen molar-refractivity contribution in [2.45, 2.75) is 52.1 Å². The number of benzene rings is 1. The molecule has 1 aromatic rings. The minimum absolute atomic E-state index is 0.519. The number of aryl methyl sites for hydroxylation is 1. The van der Waals surface area contributed by atoms with Crippen LogP contribution in [0.25, 0.3) is 0 Å². The third-order valence-corrected chi connectivity index (χ3v) is 4.36. The fourth-order valence-corrected chi connectivity index (χ4v) is 3.30. The molecule has 0 aromatic heterocycles. The lowest BCUT2D eigenvalue weighted by molar-refractivity contribution is 0.120. The van der Waals surface area contributed by atoms with Gasteiger partial charge >= 0.3 is 0 Å².